The molecule has 1 heterocycles. The predicted molar refractivity (Wildman–Crippen MR) is 104 cm³/mol. The quantitative estimate of drug-likeness (QED) is 0.574. The molecule has 0 aliphatic rings. The molecule has 0 radical (unpaired) electrons. The van der Waals surface area contributed by atoms with Crippen LogP contribution < -0.4 is 10.1 Å². The van der Waals surface area contributed by atoms with Crippen LogP contribution in [0.4, 0.5) is 9.39 Å². The van der Waals surface area contributed by atoms with Crippen molar-refractivity contribution in [2.45, 2.75) is 11.3 Å². The Morgan fingerprint density at radius 1 is 1.19 bits per heavy atom. The minimum atomic E-state index is -0.347. The van der Waals surface area contributed by atoms with Crippen molar-refractivity contribution in [3.63, 3.8) is 0 Å². The van der Waals surface area contributed by atoms with Crippen molar-refractivity contribution in [2.24, 2.45) is 0 Å². The fourth-order valence-corrected chi connectivity index (χ4v) is 4.18. The van der Waals surface area contributed by atoms with Gasteiger partial charge in [-0.3, -0.25) is 4.79 Å². The molecule has 3 rings (SSSR count). The Kier molecular flexibility index (Phi) is 6.25. The molecule has 7 heteroatoms. The summed E-state index contributed by atoms with van der Waals surface area (Å²) in [5, 5.41) is 3.57. The van der Waals surface area contributed by atoms with Crippen LogP contribution in [-0.2, 0) is 4.79 Å². The number of rotatable bonds is 7. The summed E-state index contributed by atoms with van der Waals surface area (Å²) in [7, 11) is 0. The fourth-order valence-electron chi connectivity index (χ4n) is 2.20. The number of aromatic nitrogens is 1. The van der Waals surface area contributed by atoms with Gasteiger partial charge in [-0.05, 0) is 30.0 Å². The summed E-state index contributed by atoms with van der Waals surface area (Å²) in [6.07, 6.45) is 0. The largest absolute Gasteiger partial charge is 0.484 e. The first-order valence-corrected chi connectivity index (χ1v) is 9.83. The van der Waals surface area contributed by atoms with Crippen LogP contribution in [0.25, 0.3) is 11.3 Å². The van der Waals surface area contributed by atoms with Crippen LogP contribution in [0.1, 0.15) is 6.92 Å². The zero-order valence-corrected chi connectivity index (χ0v) is 15.7. The summed E-state index contributed by atoms with van der Waals surface area (Å²) in [6.45, 7) is 1.90. The Morgan fingerprint density at radius 2 is 1.92 bits per heavy atom. The Labute approximate surface area is 159 Å². The molecule has 0 saturated carbocycles. The number of anilines is 1. The van der Waals surface area contributed by atoms with Gasteiger partial charge in [0.05, 0.1) is 0 Å². The number of ether oxygens (including phenoxy) is 1. The molecule has 1 amide bonds. The van der Waals surface area contributed by atoms with Crippen LogP contribution in [-0.4, -0.2) is 23.3 Å². The lowest BCUT2D eigenvalue weighted by Gasteiger charge is -2.07. The van der Waals surface area contributed by atoms with Crippen LogP contribution in [0.5, 0.6) is 5.75 Å². The van der Waals surface area contributed by atoms with Crippen LogP contribution in [0, 0.1) is 5.82 Å². The van der Waals surface area contributed by atoms with Gasteiger partial charge in [-0.1, -0.05) is 60.4 Å². The Morgan fingerprint density at radius 3 is 2.62 bits per heavy atom. The number of thiazole rings is 1. The summed E-state index contributed by atoms with van der Waals surface area (Å²) in [5.41, 5.74) is 1.70. The van der Waals surface area contributed by atoms with E-state index in [1.54, 1.807) is 11.8 Å². The number of carbonyl (C=O) groups excluding carboxylic acids is 1. The molecule has 134 valence electrons. The summed E-state index contributed by atoms with van der Waals surface area (Å²) in [5.74, 6) is 0.711. The van der Waals surface area contributed by atoms with Gasteiger partial charge in [-0.2, -0.15) is 0 Å². The SMILES string of the molecule is CCSc1nc(-c2ccccc2)c(NC(=O)COc2ccc(F)cc2)s1. The van der Waals surface area contributed by atoms with Gasteiger partial charge in [0, 0.05) is 5.56 Å². The van der Waals surface area contributed by atoms with Gasteiger partial charge in [0.2, 0.25) is 0 Å². The third-order valence-electron chi connectivity index (χ3n) is 3.36. The molecule has 0 atom stereocenters. The molecule has 1 N–H and O–H groups in total. The van der Waals surface area contributed by atoms with Gasteiger partial charge in [0.1, 0.15) is 22.3 Å². The molecule has 0 aliphatic heterocycles. The number of thioether (sulfide) groups is 1. The van der Waals surface area contributed by atoms with Gasteiger partial charge in [-0.15, -0.1) is 0 Å². The van der Waals surface area contributed by atoms with Gasteiger partial charge >= 0.3 is 0 Å². The molecule has 1 aromatic heterocycles. The van der Waals surface area contributed by atoms with E-state index in [4.69, 9.17) is 4.74 Å². The van der Waals surface area contributed by atoms with E-state index in [2.05, 4.69) is 17.2 Å². The van der Waals surface area contributed by atoms with Crippen LogP contribution in [0.15, 0.2) is 58.9 Å². The summed E-state index contributed by atoms with van der Waals surface area (Å²) < 4.78 is 19.2. The van der Waals surface area contributed by atoms with E-state index < -0.39 is 0 Å². The Bertz CT molecular complexity index is 867. The smallest absolute Gasteiger partial charge is 0.262 e. The number of halogens is 1. The van der Waals surface area contributed by atoms with Crippen LogP contribution >= 0.6 is 23.1 Å². The minimum absolute atomic E-state index is 0.159. The fraction of sp³-hybridized carbons (Fsp3) is 0.158. The van der Waals surface area contributed by atoms with Gasteiger partial charge in [-0.25, -0.2) is 9.37 Å². The molecule has 4 nitrogen and oxygen atoms in total. The molecular weight excluding hydrogens is 371 g/mol. The van der Waals surface area contributed by atoms with Crippen molar-refractivity contribution in [1.29, 1.82) is 0 Å². The third-order valence-corrected chi connectivity index (χ3v) is 5.36. The van der Waals surface area contributed by atoms with Gasteiger partial charge in [0.25, 0.3) is 5.91 Å². The first-order chi connectivity index (χ1) is 12.7. The average molecular weight is 388 g/mol. The molecule has 0 unspecified atom stereocenters. The second-order valence-electron chi connectivity index (χ2n) is 5.25. The zero-order valence-electron chi connectivity index (χ0n) is 14.1. The highest BCUT2D eigenvalue weighted by Crippen LogP contribution is 2.37. The van der Waals surface area contributed by atoms with Crippen molar-refractivity contribution in [3.05, 3.63) is 60.4 Å². The lowest BCUT2D eigenvalue weighted by atomic mass is 10.2. The highest BCUT2D eigenvalue weighted by atomic mass is 32.2. The predicted octanol–water partition coefficient (Wildman–Crippen LogP) is 5.08. The summed E-state index contributed by atoms with van der Waals surface area (Å²) in [4.78, 5) is 16.9. The molecule has 0 aliphatic carbocycles. The van der Waals surface area contributed by atoms with Gasteiger partial charge < -0.3 is 10.1 Å². The maximum atomic E-state index is 12.9. The monoisotopic (exact) mass is 388 g/mol. The zero-order chi connectivity index (χ0) is 18.4. The number of nitrogens with one attached hydrogen (secondary N) is 1. The summed E-state index contributed by atoms with van der Waals surface area (Å²) >= 11 is 3.08. The molecule has 0 saturated heterocycles. The first-order valence-electron chi connectivity index (χ1n) is 8.03. The average Bonchev–Trinajstić information content (AvgIpc) is 3.04. The van der Waals surface area contributed by atoms with E-state index in [-0.39, 0.29) is 18.3 Å². The van der Waals surface area contributed by atoms with Crippen molar-refractivity contribution in [1.82, 2.24) is 4.98 Å². The summed E-state index contributed by atoms with van der Waals surface area (Å²) in [6, 6.07) is 15.3. The number of benzene rings is 2. The molecule has 0 fully saturated rings. The number of carbonyl (C=O) groups is 1. The molecule has 26 heavy (non-hydrogen) atoms. The van der Waals surface area contributed by atoms with E-state index >= 15 is 0 Å². The topological polar surface area (TPSA) is 51.2 Å². The van der Waals surface area contributed by atoms with E-state index in [1.807, 2.05) is 30.3 Å². The minimum Gasteiger partial charge on any atom is -0.484 e. The standard InChI is InChI=1S/C19H17FN2O2S2/c1-2-25-19-22-17(13-6-4-3-5-7-13)18(26-19)21-16(23)12-24-15-10-8-14(20)9-11-15/h3-11H,2,12H2,1H3,(H,21,23). The Hall–Kier alpha value is -2.38. The number of nitrogens with zero attached hydrogens (tertiary/aromatic N) is 1. The normalized spacial score (nSPS) is 10.5. The molecule has 3 aromatic rings. The van der Waals surface area contributed by atoms with Crippen molar-refractivity contribution in [2.75, 3.05) is 17.7 Å². The highest BCUT2D eigenvalue weighted by molar-refractivity contribution is 8.01. The number of hydrogen-bond donors (Lipinski definition) is 1. The lowest BCUT2D eigenvalue weighted by Crippen LogP contribution is -2.19. The van der Waals surface area contributed by atoms with E-state index in [9.17, 15) is 9.18 Å². The molecule has 2 aromatic carbocycles. The van der Waals surface area contributed by atoms with Crippen molar-refractivity contribution < 1.29 is 13.9 Å². The maximum Gasteiger partial charge on any atom is 0.262 e. The van der Waals surface area contributed by atoms with Crippen LogP contribution in [0.3, 0.4) is 0 Å². The second kappa shape index (κ2) is 8.82. The Balaban J connectivity index is 1.71. The molecular formula is C19H17FN2O2S2. The van der Waals surface area contributed by atoms with Crippen LogP contribution in [0.2, 0.25) is 0 Å². The number of amides is 1. The lowest BCUT2D eigenvalue weighted by molar-refractivity contribution is -0.118. The van der Waals surface area contributed by atoms with E-state index in [0.29, 0.717) is 10.8 Å². The van der Waals surface area contributed by atoms with Gasteiger partial charge in [0.15, 0.2) is 10.9 Å². The van der Waals surface area contributed by atoms with E-state index in [0.717, 1.165) is 21.3 Å². The highest BCUT2D eigenvalue weighted by Gasteiger charge is 2.16. The van der Waals surface area contributed by atoms with E-state index in [1.165, 1.54) is 35.6 Å². The number of hydrogen-bond acceptors (Lipinski definition) is 5. The van der Waals surface area contributed by atoms with Crippen molar-refractivity contribution >= 4 is 34.0 Å². The molecule has 0 spiro atoms. The van der Waals surface area contributed by atoms with Crippen molar-refractivity contribution in [3.8, 4) is 17.0 Å². The maximum absolute atomic E-state index is 12.9. The first kappa shape index (κ1) is 18.4. The second-order valence-corrected chi connectivity index (χ2v) is 7.76. The molecule has 0 bridgehead atoms. The third kappa shape index (κ3) is 4.83.